The largest absolute Gasteiger partial charge is 0.361 e. The number of carbonyl (C=O) groups excluding carboxylic acids is 1. The number of rotatable bonds is 5. The van der Waals surface area contributed by atoms with E-state index in [2.05, 4.69) is 10.3 Å². The Hall–Kier alpha value is -1.88. The molecular weight excluding hydrogens is 257 g/mol. The van der Waals surface area contributed by atoms with Gasteiger partial charge in [-0.15, -0.1) is 0 Å². The number of H-pyrrole nitrogens is 1. The zero-order chi connectivity index (χ0) is 14.7. The van der Waals surface area contributed by atoms with Gasteiger partial charge in [0.25, 0.3) is 0 Å². The molecule has 20 heavy (non-hydrogen) atoms. The minimum absolute atomic E-state index is 0.117. The lowest BCUT2D eigenvalue weighted by atomic mass is 10.0. The molecule has 1 amide bonds. The van der Waals surface area contributed by atoms with Crippen molar-refractivity contribution in [1.82, 2.24) is 10.3 Å². The van der Waals surface area contributed by atoms with Crippen molar-refractivity contribution >= 4 is 16.8 Å². The van der Waals surface area contributed by atoms with E-state index in [-0.39, 0.29) is 17.6 Å². The molecule has 0 bridgehead atoms. The third-order valence-corrected chi connectivity index (χ3v) is 3.44. The Bertz CT molecular complexity index is 606. The van der Waals surface area contributed by atoms with E-state index < -0.39 is 6.04 Å². The number of benzene rings is 1. The van der Waals surface area contributed by atoms with Gasteiger partial charge in [-0.2, -0.15) is 0 Å². The van der Waals surface area contributed by atoms with Crippen LogP contribution in [0, 0.1) is 11.7 Å². The van der Waals surface area contributed by atoms with Gasteiger partial charge in [0.2, 0.25) is 5.91 Å². The van der Waals surface area contributed by atoms with E-state index in [9.17, 15) is 9.18 Å². The molecule has 1 aromatic carbocycles. The summed E-state index contributed by atoms with van der Waals surface area (Å²) < 4.78 is 13.1. The molecule has 0 saturated heterocycles. The molecule has 1 atom stereocenters. The van der Waals surface area contributed by atoms with Gasteiger partial charge >= 0.3 is 0 Å². The van der Waals surface area contributed by atoms with Crippen molar-refractivity contribution in [1.29, 1.82) is 0 Å². The van der Waals surface area contributed by atoms with Gasteiger partial charge in [0, 0.05) is 23.6 Å². The number of aromatic nitrogens is 1. The molecule has 5 heteroatoms. The summed E-state index contributed by atoms with van der Waals surface area (Å²) in [6.45, 7) is 4.35. The summed E-state index contributed by atoms with van der Waals surface area (Å²) in [5, 5.41) is 3.81. The van der Waals surface area contributed by atoms with Gasteiger partial charge < -0.3 is 16.0 Å². The molecule has 0 unspecified atom stereocenters. The Balaban J connectivity index is 1.95. The fourth-order valence-electron chi connectivity index (χ4n) is 2.11. The third kappa shape index (κ3) is 3.17. The van der Waals surface area contributed by atoms with Crippen LogP contribution in [-0.2, 0) is 11.2 Å². The highest BCUT2D eigenvalue weighted by Gasteiger charge is 2.16. The summed E-state index contributed by atoms with van der Waals surface area (Å²) in [4.78, 5) is 14.8. The molecule has 2 rings (SSSR count). The maximum atomic E-state index is 13.1. The monoisotopic (exact) mass is 277 g/mol. The van der Waals surface area contributed by atoms with E-state index >= 15 is 0 Å². The average Bonchev–Trinajstić information content (AvgIpc) is 2.80. The SMILES string of the molecule is CC(C)[C@H](N)C(=O)NCCc1c[nH]c2cc(F)ccc12. The van der Waals surface area contributed by atoms with Crippen molar-refractivity contribution < 1.29 is 9.18 Å². The van der Waals surface area contributed by atoms with Crippen LogP contribution in [0.25, 0.3) is 10.9 Å². The second kappa shape index (κ2) is 6.05. The van der Waals surface area contributed by atoms with Crippen LogP contribution in [0.4, 0.5) is 4.39 Å². The smallest absolute Gasteiger partial charge is 0.237 e. The Morgan fingerprint density at radius 1 is 1.45 bits per heavy atom. The van der Waals surface area contributed by atoms with Gasteiger partial charge in [0.15, 0.2) is 0 Å². The molecule has 4 nitrogen and oxygen atoms in total. The molecule has 1 heterocycles. The molecule has 108 valence electrons. The summed E-state index contributed by atoms with van der Waals surface area (Å²) in [5.74, 6) is -0.279. The highest BCUT2D eigenvalue weighted by atomic mass is 19.1. The topological polar surface area (TPSA) is 70.9 Å². The molecule has 0 saturated carbocycles. The number of halogens is 1. The summed E-state index contributed by atoms with van der Waals surface area (Å²) in [7, 11) is 0. The Morgan fingerprint density at radius 3 is 2.90 bits per heavy atom. The highest BCUT2D eigenvalue weighted by Crippen LogP contribution is 2.19. The minimum atomic E-state index is -0.480. The molecule has 0 spiro atoms. The zero-order valence-electron chi connectivity index (χ0n) is 11.7. The summed E-state index contributed by atoms with van der Waals surface area (Å²) in [6, 6.07) is 4.17. The predicted octanol–water partition coefficient (Wildman–Crippen LogP) is 1.95. The first-order valence-corrected chi connectivity index (χ1v) is 6.78. The number of nitrogens with two attached hydrogens (primary N) is 1. The second-order valence-electron chi connectivity index (χ2n) is 5.31. The standard InChI is InChI=1S/C15H20FN3O/c1-9(2)14(17)15(20)18-6-5-10-8-19-13-7-11(16)3-4-12(10)13/h3-4,7-9,14,19H,5-6,17H2,1-2H3,(H,18,20)/t14-/m0/s1. The molecule has 0 aliphatic carbocycles. The van der Waals surface area contributed by atoms with E-state index in [1.165, 1.54) is 12.1 Å². The normalized spacial score (nSPS) is 12.8. The summed E-state index contributed by atoms with van der Waals surface area (Å²) in [5.41, 5.74) is 7.59. The van der Waals surface area contributed by atoms with Crippen LogP contribution >= 0.6 is 0 Å². The van der Waals surface area contributed by atoms with Crippen LogP contribution in [0.15, 0.2) is 24.4 Å². The highest BCUT2D eigenvalue weighted by molar-refractivity contribution is 5.84. The van der Waals surface area contributed by atoms with Crippen LogP contribution in [0.3, 0.4) is 0 Å². The first-order chi connectivity index (χ1) is 9.49. The first kappa shape index (κ1) is 14.5. The number of carbonyl (C=O) groups is 1. The average molecular weight is 277 g/mol. The lowest BCUT2D eigenvalue weighted by molar-refractivity contribution is -0.123. The number of amides is 1. The van der Waals surface area contributed by atoms with Gasteiger partial charge in [0.1, 0.15) is 5.82 Å². The number of hydrogen-bond acceptors (Lipinski definition) is 2. The van der Waals surface area contributed by atoms with Crippen LogP contribution < -0.4 is 11.1 Å². The lowest BCUT2D eigenvalue weighted by Crippen LogP contribution is -2.44. The molecule has 0 aliphatic rings. The molecule has 4 N–H and O–H groups in total. The van der Waals surface area contributed by atoms with Crippen molar-refractivity contribution in [3.05, 3.63) is 35.8 Å². The number of fused-ring (bicyclic) bond motifs is 1. The van der Waals surface area contributed by atoms with Crippen LogP contribution in [-0.4, -0.2) is 23.5 Å². The van der Waals surface area contributed by atoms with E-state index in [0.717, 1.165) is 16.5 Å². The van der Waals surface area contributed by atoms with E-state index in [0.29, 0.717) is 13.0 Å². The quantitative estimate of drug-likeness (QED) is 0.781. The van der Waals surface area contributed by atoms with Crippen LogP contribution in [0.5, 0.6) is 0 Å². The van der Waals surface area contributed by atoms with Crippen molar-refractivity contribution in [3.63, 3.8) is 0 Å². The minimum Gasteiger partial charge on any atom is -0.361 e. The summed E-state index contributed by atoms with van der Waals surface area (Å²) in [6.07, 6.45) is 2.53. The number of nitrogens with one attached hydrogen (secondary N) is 2. The van der Waals surface area contributed by atoms with E-state index in [1.807, 2.05) is 20.0 Å². The van der Waals surface area contributed by atoms with Gasteiger partial charge in [-0.05, 0) is 36.1 Å². The fraction of sp³-hybridized carbons (Fsp3) is 0.400. The Kier molecular flexibility index (Phi) is 4.39. The molecule has 0 radical (unpaired) electrons. The number of hydrogen-bond donors (Lipinski definition) is 3. The first-order valence-electron chi connectivity index (χ1n) is 6.78. The third-order valence-electron chi connectivity index (χ3n) is 3.44. The predicted molar refractivity (Wildman–Crippen MR) is 77.8 cm³/mol. The van der Waals surface area contributed by atoms with Gasteiger partial charge in [-0.3, -0.25) is 4.79 Å². The fourth-order valence-corrected chi connectivity index (χ4v) is 2.11. The maximum Gasteiger partial charge on any atom is 0.237 e. The molecule has 0 fully saturated rings. The van der Waals surface area contributed by atoms with E-state index in [4.69, 9.17) is 5.73 Å². The van der Waals surface area contributed by atoms with Crippen molar-refractivity contribution in [2.24, 2.45) is 11.7 Å². The molecule has 2 aromatic rings. The van der Waals surface area contributed by atoms with Crippen molar-refractivity contribution in [2.45, 2.75) is 26.3 Å². The van der Waals surface area contributed by atoms with Crippen molar-refractivity contribution in [2.75, 3.05) is 6.54 Å². The lowest BCUT2D eigenvalue weighted by Gasteiger charge is -2.15. The maximum absolute atomic E-state index is 13.1. The van der Waals surface area contributed by atoms with Gasteiger partial charge in [-0.1, -0.05) is 13.8 Å². The van der Waals surface area contributed by atoms with Gasteiger partial charge in [-0.25, -0.2) is 4.39 Å². The molecular formula is C15H20FN3O. The Morgan fingerprint density at radius 2 is 2.20 bits per heavy atom. The molecule has 0 aliphatic heterocycles. The van der Waals surface area contributed by atoms with Crippen molar-refractivity contribution in [3.8, 4) is 0 Å². The van der Waals surface area contributed by atoms with Gasteiger partial charge in [0.05, 0.1) is 6.04 Å². The Labute approximate surface area is 117 Å². The zero-order valence-corrected chi connectivity index (χ0v) is 11.7. The summed E-state index contributed by atoms with van der Waals surface area (Å²) >= 11 is 0. The second-order valence-corrected chi connectivity index (χ2v) is 5.31. The molecule has 1 aromatic heterocycles. The van der Waals surface area contributed by atoms with Crippen LogP contribution in [0.1, 0.15) is 19.4 Å². The number of aromatic amines is 1. The van der Waals surface area contributed by atoms with Crippen LogP contribution in [0.2, 0.25) is 0 Å². The van der Waals surface area contributed by atoms with E-state index in [1.54, 1.807) is 6.07 Å².